The fourth-order valence-corrected chi connectivity index (χ4v) is 6.46. The van der Waals surface area contributed by atoms with Crippen molar-refractivity contribution in [2.45, 2.75) is 123 Å². The number of carbonyl (C=O) groups excluding carboxylic acids is 5. The maximum atomic E-state index is 14.0. The van der Waals surface area contributed by atoms with Gasteiger partial charge in [0.1, 0.15) is 16.8 Å². The molecule has 63 heavy (non-hydrogen) atoms. The molecule has 1 unspecified atom stereocenters. The number of hydrogen-bond acceptors (Lipinski definition) is 19. The number of methoxy groups -OCH3 is 1. The van der Waals surface area contributed by atoms with E-state index < -0.39 is 82.3 Å². The minimum atomic E-state index is -2.00. The third kappa shape index (κ3) is 11.5. The Morgan fingerprint density at radius 2 is 1.52 bits per heavy atom. The lowest BCUT2D eigenvalue weighted by molar-refractivity contribution is -0.182. The fraction of sp³-hybridized carbons (Fsp3) is 0.575. The molecule has 1 saturated heterocycles. The summed E-state index contributed by atoms with van der Waals surface area (Å²) in [6, 6.07) is 6.28. The number of imide groups is 1. The summed E-state index contributed by atoms with van der Waals surface area (Å²) in [6.07, 6.45) is -5.59. The van der Waals surface area contributed by atoms with Crippen LogP contribution >= 0.6 is 11.6 Å². The molecule has 2 amide bonds. The van der Waals surface area contributed by atoms with E-state index >= 15 is 0 Å². The highest BCUT2D eigenvalue weighted by Gasteiger charge is 2.52. The van der Waals surface area contributed by atoms with Gasteiger partial charge in [-0.2, -0.15) is 14.9 Å². The standard InChI is InChI=1S/C40H52ClN9O13/c1-13-57-32(52)40(31-45-47-48-46-31,18-22-14-16-23(17-15-22)30(51)56-12)58-19-24-21(2)26(60-36(55)63-39(9,10)11)29(59-24)49-20-42-25-27(49)43-33(41)44-28(25)50(34(53)61-37(3,4)5)35(54)62-38(6,7)8/h14-17,20-21,24,26,29H,13,18-19H2,1-12H3,(H,45,46,47,48)/t21-,24-,26-,29-,40?/m1/s1. The van der Waals surface area contributed by atoms with Gasteiger partial charge in [0, 0.05) is 12.3 Å². The molecular weight excluding hydrogens is 850 g/mol. The van der Waals surface area contributed by atoms with Crippen LogP contribution in [-0.4, -0.2) is 120 Å². The smallest absolute Gasteiger partial charge is 0.465 e. The van der Waals surface area contributed by atoms with Crippen LogP contribution in [0.25, 0.3) is 11.2 Å². The number of ether oxygens (including phenoxy) is 8. The summed E-state index contributed by atoms with van der Waals surface area (Å²) in [5, 5.41) is 13.6. The number of aromatic nitrogens is 8. The number of amides is 2. The van der Waals surface area contributed by atoms with E-state index in [-0.39, 0.29) is 48.0 Å². The van der Waals surface area contributed by atoms with E-state index in [1.807, 2.05) is 0 Å². The summed E-state index contributed by atoms with van der Waals surface area (Å²) >= 11 is 6.49. The number of imidazole rings is 1. The number of hydrogen-bond donors (Lipinski definition) is 1. The van der Waals surface area contributed by atoms with Gasteiger partial charge in [0.15, 0.2) is 35.1 Å². The lowest BCUT2D eigenvalue weighted by Gasteiger charge is -2.31. The van der Waals surface area contributed by atoms with E-state index in [0.717, 1.165) is 0 Å². The largest absolute Gasteiger partial charge is 0.509 e. The van der Waals surface area contributed by atoms with Gasteiger partial charge in [-0.15, -0.1) is 5.10 Å². The van der Waals surface area contributed by atoms with Crippen LogP contribution in [-0.2, 0) is 54.7 Å². The van der Waals surface area contributed by atoms with Crippen molar-refractivity contribution < 1.29 is 61.9 Å². The summed E-state index contributed by atoms with van der Waals surface area (Å²) < 4.78 is 47.4. The normalized spacial score (nSPS) is 18.9. The molecule has 0 radical (unpaired) electrons. The molecule has 1 aliphatic rings. The second-order valence-electron chi connectivity index (χ2n) is 17.4. The van der Waals surface area contributed by atoms with E-state index in [9.17, 15) is 24.0 Å². The molecule has 5 rings (SSSR count). The van der Waals surface area contributed by atoms with Crippen LogP contribution in [0.1, 0.15) is 104 Å². The van der Waals surface area contributed by atoms with Crippen LogP contribution in [0.5, 0.6) is 0 Å². The van der Waals surface area contributed by atoms with Crippen LogP contribution in [0, 0.1) is 5.92 Å². The van der Waals surface area contributed by atoms with E-state index in [2.05, 4.69) is 35.6 Å². The third-order valence-electron chi connectivity index (χ3n) is 8.99. The summed E-state index contributed by atoms with van der Waals surface area (Å²) in [5.41, 5.74) is -4.40. The Bertz CT molecular complexity index is 2260. The van der Waals surface area contributed by atoms with Gasteiger partial charge in [-0.05, 0) is 109 Å². The molecule has 1 aliphatic heterocycles. The number of carbonyl (C=O) groups is 5. The summed E-state index contributed by atoms with van der Waals surface area (Å²) in [5.74, 6) is -2.59. The van der Waals surface area contributed by atoms with E-state index in [4.69, 9.17) is 49.5 Å². The number of aromatic amines is 1. The third-order valence-corrected chi connectivity index (χ3v) is 9.16. The van der Waals surface area contributed by atoms with Crippen molar-refractivity contribution >= 4 is 58.9 Å². The highest BCUT2D eigenvalue weighted by atomic mass is 35.5. The molecule has 342 valence electrons. The Morgan fingerprint density at radius 3 is 2.06 bits per heavy atom. The molecule has 5 atom stereocenters. The average molecular weight is 902 g/mol. The number of rotatable bonds is 12. The minimum Gasteiger partial charge on any atom is -0.465 e. The number of benzene rings is 1. The van der Waals surface area contributed by atoms with Crippen molar-refractivity contribution in [3.8, 4) is 0 Å². The van der Waals surface area contributed by atoms with Crippen molar-refractivity contribution in [3.63, 3.8) is 0 Å². The zero-order valence-electron chi connectivity index (χ0n) is 37.1. The predicted octanol–water partition coefficient (Wildman–Crippen LogP) is 6.03. The molecule has 0 bridgehead atoms. The molecule has 4 aromatic rings. The van der Waals surface area contributed by atoms with Gasteiger partial charge in [-0.25, -0.2) is 34.1 Å². The minimum absolute atomic E-state index is 0.0314. The molecular formula is C40H52ClN9O13. The van der Waals surface area contributed by atoms with Gasteiger partial charge in [0.25, 0.3) is 0 Å². The first-order chi connectivity index (χ1) is 29.4. The highest BCUT2D eigenvalue weighted by molar-refractivity contribution is 6.29. The van der Waals surface area contributed by atoms with Crippen LogP contribution in [0.2, 0.25) is 5.28 Å². The lowest BCUT2D eigenvalue weighted by Crippen LogP contribution is -2.45. The molecule has 4 heterocycles. The summed E-state index contributed by atoms with van der Waals surface area (Å²) in [6.45, 7) is 17.6. The second kappa shape index (κ2) is 18.8. The highest BCUT2D eigenvalue weighted by Crippen LogP contribution is 2.41. The van der Waals surface area contributed by atoms with Gasteiger partial charge >= 0.3 is 30.3 Å². The molecule has 0 aliphatic carbocycles. The SMILES string of the molecule is CCOC(=O)C(Cc1ccc(C(=O)OC)cc1)(OC[C@H]1O[C@@H](n2cnc3c(N(C(=O)OC(C)(C)C)C(=O)OC(C)(C)C)nc(Cl)nc32)[C@H](OC(=O)OC(C)(C)C)[C@@H]1C)c1nnn[nH]1. The topological polar surface area (TPSA) is 260 Å². The first-order valence-electron chi connectivity index (χ1n) is 19.8. The van der Waals surface area contributed by atoms with Crippen LogP contribution < -0.4 is 4.90 Å². The van der Waals surface area contributed by atoms with E-state index in [1.54, 1.807) is 88.3 Å². The Kier molecular flexibility index (Phi) is 14.3. The van der Waals surface area contributed by atoms with E-state index in [0.29, 0.717) is 10.5 Å². The molecule has 0 spiro atoms. The Balaban J connectivity index is 1.58. The van der Waals surface area contributed by atoms with Crippen molar-refractivity contribution in [3.05, 3.63) is 52.8 Å². The Labute approximate surface area is 367 Å². The number of nitrogens with one attached hydrogen (secondary N) is 1. The van der Waals surface area contributed by atoms with Gasteiger partial charge in [0.05, 0.1) is 38.3 Å². The van der Waals surface area contributed by atoms with Crippen molar-refractivity contribution in [1.29, 1.82) is 0 Å². The lowest BCUT2D eigenvalue weighted by atomic mass is 9.92. The number of H-pyrrole nitrogens is 1. The zero-order valence-corrected chi connectivity index (χ0v) is 37.8. The summed E-state index contributed by atoms with van der Waals surface area (Å²) in [4.78, 5) is 80.4. The number of anilines is 1. The molecule has 1 N–H and O–H groups in total. The number of fused-ring (bicyclic) bond motifs is 1. The molecule has 1 aromatic carbocycles. The monoisotopic (exact) mass is 901 g/mol. The fourth-order valence-electron chi connectivity index (χ4n) is 6.30. The van der Waals surface area contributed by atoms with Gasteiger partial charge in [-0.3, -0.25) is 4.57 Å². The molecule has 23 heteroatoms. The van der Waals surface area contributed by atoms with Gasteiger partial charge < -0.3 is 37.9 Å². The first kappa shape index (κ1) is 48.0. The number of nitrogens with zero attached hydrogens (tertiary/aromatic N) is 8. The number of tetrazole rings is 1. The molecule has 1 fully saturated rings. The molecule has 3 aromatic heterocycles. The number of esters is 2. The Hall–Kier alpha value is -6.00. The summed E-state index contributed by atoms with van der Waals surface area (Å²) in [7, 11) is 1.26. The van der Waals surface area contributed by atoms with Gasteiger partial charge in [0.2, 0.25) is 10.9 Å². The maximum absolute atomic E-state index is 14.0. The van der Waals surface area contributed by atoms with Crippen LogP contribution in [0.4, 0.5) is 20.2 Å². The van der Waals surface area contributed by atoms with Crippen molar-refractivity contribution in [2.75, 3.05) is 25.2 Å². The molecule has 22 nitrogen and oxygen atoms in total. The van der Waals surface area contributed by atoms with Gasteiger partial charge in [-0.1, -0.05) is 19.1 Å². The molecule has 0 saturated carbocycles. The van der Waals surface area contributed by atoms with Crippen molar-refractivity contribution in [2.24, 2.45) is 5.92 Å². The second-order valence-corrected chi connectivity index (χ2v) is 17.7. The van der Waals surface area contributed by atoms with Crippen molar-refractivity contribution in [1.82, 2.24) is 40.1 Å². The Morgan fingerprint density at radius 1 is 0.905 bits per heavy atom. The first-order valence-corrected chi connectivity index (χ1v) is 20.2. The number of halogens is 1. The predicted molar refractivity (Wildman–Crippen MR) is 219 cm³/mol. The zero-order chi connectivity index (χ0) is 46.7. The van der Waals surface area contributed by atoms with E-state index in [1.165, 1.54) is 30.1 Å². The maximum Gasteiger partial charge on any atom is 0.509 e. The average Bonchev–Trinajstić information content (AvgIpc) is 3.92. The van der Waals surface area contributed by atoms with Crippen LogP contribution in [0.15, 0.2) is 30.6 Å². The quantitative estimate of drug-likeness (QED) is 0.0967. The van der Waals surface area contributed by atoms with Crippen LogP contribution in [0.3, 0.4) is 0 Å².